The molecule has 1 fully saturated rings. The van der Waals surface area contributed by atoms with E-state index in [4.69, 9.17) is 20.3 Å². The van der Waals surface area contributed by atoms with Crippen LogP contribution < -0.4 is 5.73 Å². The van der Waals surface area contributed by atoms with Crippen molar-refractivity contribution in [2.45, 2.75) is 25.0 Å². The summed E-state index contributed by atoms with van der Waals surface area (Å²) in [5.74, 6) is -0.821. The van der Waals surface area contributed by atoms with Crippen molar-refractivity contribution in [2.75, 3.05) is 13.4 Å². The molecule has 5 heteroatoms. The number of carbonyl (C=O) groups is 1. The molecule has 98 valence electrons. The molecule has 1 aromatic carbocycles. The molecule has 0 amide bonds. The average molecular weight is 251 g/mol. The van der Waals surface area contributed by atoms with Crippen LogP contribution in [0.3, 0.4) is 0 Å². The van der Waals surface area contributed by atoms with Crippen LogP contribution >= 0.6 is 0 Å². The quantitative estimate of drug-likeness (QED) is 0.830. The molecule has 1 heterocycles. The Hall–Kier alpha value is -1.43. The lowest BCUT2D eigenvalue weighted by Gasteiger charge is -2.13. The number of ether oxygens (including phenoxy) is 2. The van der Waals surface area contributed by atoms with E-state index in [0.717, 1.165) is 11.1 Å². The predicted octanol–water partition coefficient (Wildman–Crippen LogP) is 1.60. The molecule has 0 spiro atoms. The van der Waals surface area contributed by atoms with Gasteiger partial charge < -0.3 is 20.3 Å². The Labute approximate surface area is 106 Å². The second-order valence-electron chi connectivity index (χ2n) is 4.35. The first kappa shape index (κ1) is 13.0. The van der Waals surface area contributed by atoms with Gasteiger partial charge in [-0.2, -0.15) is 0 Å². The molecule has 0 aliphatic carbocycles. The highest BCUT2D eigenvalue weighted by Gasteiger charge is 2.18. The van der Waals surface area contributed by atoms with Gasteiger partial charge in [-0.1, -0.05) is 24.3 Å². The van der Waals surface area contributed by atoms with Crippen LogP contribution in [0.25, 0.3) is 0 Å². The lowest BCUT2D eigenvalue weighted by atomic mass is 10.00. The fraction of sp³-hybridized carbons (Fsp3) is 0.462. The maximum atomic E-state index is 10.5. The highest BCUT2D eigenvalue weighted by atomic mass is 16.7. The zero-order chi connectivity index (χ0) is 13.0. The average Bonchev–Trinajstić information content (AvgIpc) is 2.90. The van der Waals surface area contributed by atoms with E-state index in [0.29, 0.717) is 19.8 Å². The smallest absolute Gasteiger partial charge is 0.303 e. The normalized spacial score (nSPS) is 20.8. The molecule has 1 saturated heterocycles. The summed E-state index contributed by atoms with van der Waals surface area (Å²) in [4.78, 5) is 10.5. The third-order valence-electron chi connectivity index (χ3n) is 3.03. The summed E-state index contributed by atoms with van der Waals surface area (Å²) < 4.78 is 10.5. The van der Waals surface area contributed by atoms with E-state index >= 15 is 0 Å². The van der Waals surface area contributed by atoms with E-state index in [1.54, 1.807) is 0 Å². The second kappa shape index (κ2) is 5.95. The summed E-state index contributed by atoms with van der Waals surface area (Å²) in [6, 6.07) is 7.51. The molecule has 2 unspecified atom stereocenters. The van der Waals surface area contributed by atoms with Crippen LogP contribution in [0.2, 0.25) is 0 Å². The number of carboxylic acids is 1. The Balaban J connectivity index is 1.95. The van der Waals surface area contributed by atoms with Crippen LogP contribution in [-0.2, 0) is 14.3 Å². The van der Waals surface area contributed by atoms with Crippen molar-refractivity contribution >= 4 is 5.97 Å². The Bertz CT molecular complexity index is 398. The van der Waals surface area contributed by atoms with Gasteiger partial charge in [0.25, 0.3) is 0 Å². The highest BCUT2D eigenvalue weighted by molar-refractivity contribution is 5.66. The number of hydrogen-bond acceptors (Lipinski definition) is 4. The van der Waals surface area contributed by atoms with E-state index in [1.165, 1.54) is 0 Å². The maximum absolute atomic E-state index is 10.5. The fourth-order valence-corrected chi connectivity index (χ4v) is 1.93. The summed E-state index contributed by atoms with van der Waals surface area (Å²) in [7, 11) is 0. The van der Waals surface area contributed by atoms with Crippen molar-refractivity contribution in [1.29, 1.82) is 0 Å². The minimum absolute atomic E-state index is 0.00528. The Morgan fingerprint density at radius 3 is 2.72 bits per heavy atom. The van der Waals surface area contributed by atoms with Crippen molar-refractivity contribution in [3.05, 3.63) is 35.4 Å². The van der Waals surface area contributed by atoms with Crippen molar-refractivity contribution in [3.8, 4) is 0 Å². The van der Waals surface area contributed by atoms with Crippen LogP contribution in [0.1, 0.15) is 36.1 Å². The van der Waals surface area contributed by atoms with Gasteiger partial charge in [-0.05, 0) is 17.5 Å². The van der Waals surface area contributed by atoms with Gasteiger partial charge in [-0.25, -0.2) is 0 Å². The van der Waals surface area contributed by atoms with Crippen LogP contribution in [0.15, 0.2) is 24.3 Å². The summed E-state index contributed by atoms with van der Waals surface area (Å²) in [5, 5.41) is 8.61. The molecule has 18 heavy (non-hydrogen) atoms. The Morgan fingerprint density at radius 1 is 1.44 bits per heavy atom. The topological polar surface area (TPSA) is 81.8 Å². The first-order chi connectivity index (χ1) is 8.66. The van der Waals surface area contributed by atoms with Gasteiger partial charge in [-0.3, -0.25) is 4.79 Å². The zero-order valence-corrected chi connectivity index (χ0v) is 10.0. The standard InChI is InChI=1S/C13H17NO4/c14-11(5-6-13(15)16)9-1-3-10(4-2-9)12-7-17-8-18-12/h1-4,11-12H,5-8,14H2,(H,15,16). The van der Waals surface area contributed by atoms with Crippen molar-refractivity contribution in [2.24, 2.45) is 5.73 Å². The maximum Gasteiger partial charge on any atom is 0.303 e. The lowest BCUT2D eigenvalue weighted by molar-refractivity contribution is -0.137. The molecule has 2 atom stereocenters. The molecule has 2 rings (SSSR count). The third-order valence-corrected chi connectivity index (χ3v) is 3.03. The molecule has 0 aromatic heterocycles. The summed E-state index contributed by atoms with van der Waals surface area (Å²) in [6.07, 6.45) is 0.523. The zero-order valence-electron chi connectivity index (χ0n) is 10.0. The largest absolute Gasteiger partial charge is 0.481 e. The number of aliphatic carboxylic acids is 1. The molecule has 1 aliphatic rings. The van der Waals surface area contributed by atoms with Crippen LogP contribution in [-0.4, -0.2) is 24.5 Å². The molecule has 5 nitrogen and oxygen atoms in total. The van der Waals surface area contributed by atoms with Crippen LogP contribution in [0.5, 0.6) is 0 Å². The second-order valence-corrected chi connectivity index (χ2v) is 4.35. The molecule has 0 saturated carbocycles. The van der Waals surface area contributed by atoms with Crippen LogP contribution in [0.4, 0.5) is 0 Å². The SMILES string of the molecule is NC(CCC(=O)O)c1ccc(C2COCO2)cc1. The minimum atomic E-state index is -0.821. The monoisotopic (exact) mass is 251 g/mol. The molecular weight excluding hydrogens is 234 g/mol. The molecular formula is C13H17NO4. The Morgan fingerprint density at radius 2 is 2.17 bits per heavy atom. The number of carboxylic acid groups (broad SMARTS) is 1. The van der Waals surface area contributed by atoms with Crippen molar-refractivity contribution < 1.29 is 19.4 Å². The first-order valence-corrected chi connectivity index (χ1v) is 5.93. The molecule has 3 N–H and O–H groups in total. The van der Waals surface area contributed by atoms with Crippen molar-refractivity contribution in [1.82, 2.24) is 0 Å². The minimum Gasteiger partial charge on any atom is -0.481 e. The molecule has 1 aliphatic heterocycles. The molecule has 0 bridgehead atoms. The summed E-state index contributed by atoms with van der Waals surface area (Å²) >= 11 is 0. The predicted molar refractivity (Wildman–Crippen MR) is 64.9 cm³/mol. The van der Waals surface area contributed by atoms with Gasteiger partial charge in [-0.15, -0.1) is 0 Å². The first-order valence-electron chi connectivity index (χ1n) is 5.93. The van der Waals surface area contributed by atoms with Gasteiger partial charge in [0.15, 0.2) is 0 Å². The van der Waals surface area contributed by atoms with E-state index in [2.05, 4.69) is 0 Å². The number of rotatable bonds is 5. The fourth-order valence-electron chi connectivity index (χ4n) is 1.93. The van der Waals surface area contributed by atoms with Gasteiger partial charge in [0.05, 0.1) is 6.61 Å². The summed E-state index contributed by atoms with van der Waals surface area (Å²) in [6.45, 7) is 0.912. The van der Waals surface area contributed by atoms with E-state index in [1.807, 2.05) is 24.3 Å². The van der Waals surface area contributed by atoms with Gasteiger partial charge in [0.2, 0.25) is 0 Å². The number of nitrogens with two attached hydrogens (primary N) is 1. The van der Waals surface area contributed by atoms with Crippen LogP contribution in [0, 0.1) is 0 Å². The highest BCUT2D eigenvalue weighted by Crippen LogP contribution is 2.24. The van der Waals surface area contributed by atoms with E-state index in [9.17, 15) is 4.79 Å². The molecule has 1 aromatic rings. The third kappa shape index (κ3) is 3.29. The Kier molecular flexibility index (Phi) is 4.30. The number of hydrogen-bond donors (Lipinski definition) is 2. The number of benzene rings is 1. The lowest BCUT2D eigenvalue weighted by Crippen LogP contribution is -2.12. The van der Waals surface area contributed by atoms with Gasteiger partial charge in [0.1, 0.15) is 12.9 Å². The van der Waals surface area contributed by atoms with E-state index < -0.39 is 5.97 Å². The molecule has 0 radical (unpaired) electrons. The van der Waals surface area contributed by atoms with Gasteiger partial charge in [0, 0.05) is 12.5 Å². The van der Waals surface area contributed by atoms with E-state index in [-0.39, 0.29) is 18.6 Å². The summed E-state index contributed by atoms with van der Waals surface area (Å²) in [5.41, 5.74) is 7.93. The van der Waals surface area contributed by atoms with Crippen molar-refractivity contribution in [3.63, 3.8) is 0 Å². The van der Waals surface area contributed by atoms with Gasteiger partial charge >= 0.3 is 5.97 Å².